The molecule has 5 aromatic rings. The summed E-state index contributed by atoms with van der Waals surface area (Å²) in [5.41, 5.74) is 8.69. The highest BCUT2D eigenvalue weighted by Crippen LogP contribution is 2.43. The minimum atomic E-state index is 0.867. The second kappa shape index (κ2) is 6.42. The number of anilines is 1. The lowest BCUT2D eigenvalue weighted by molar-refractivity contribution is 0.668. The van der Waals surface area contributed by atoms with Gasteiger partial charge in [-0.1, -0.05) is 80.8 Å². The van der Waals surface area contributed by atoms with E-state index in [1.807, 2.05) is 0 Å². The van der Waals surface area contributed by atoms with Gasteiger partial charge in [-0.3, -0.25) is 0 Å². The van der Waals surface area contributed by atoms with E-state index in [-0.39, 0.29) is 0 Å². The van der Waals surface area contributed by atoms with Crippen LogP contribution in [0.5, 0.6) is 0 Å². The zero-order chi connectivity index (χ0) is 18.4. The van der Waals surface area contributed by atoms with E-state index < -0.39 is 0 Å². The van der Waals surface area contributed by atoms with Crippen LogP contribution < -0.4 is 5.73 Å². The quantitative estimate of drug-likeness (QED) is 0.151. The van der Waals surface area contributed by atoms with Gasteiger partial charge in [0.1, 0.15) is 0 Å². The first-order valence-electron chi connectivity index (χ1n) is 10.2. The predicted octanol–water partition coefficient (Wildman–Crippen LogP) is 7.44. The van der Waals surface area contributed by atoms with Crippen LogP contribution in [0, 0.1) is 0 Å². The van der Waals surface area contributed by atoms with E-state index in [1.165, 1.54) is 74.3 Å². The van der Waals surface area contributed by atoms with Crippen molar-refractivity contribution in [2.45, 2.75) is 39.0 Å². The highest BCUT2D eigenvalue weighted by molar-refractivity contribution is 6.34. The minimum Gasteiger partial charge on any atom is -0.398 e. The number of aryl methyl sites for hydroxylation is 1. The van der Waals surface area contributed by atoms with E-state index in [2.05, 4.69) is 67.6 Å². The molecular weight excluding hydrogens is 326 g/mol. The fraction of sp³-hybridized carbons (Fsp3) is 0.231. The lowest BCUT2D eigenvalue weighted by atomic mass is 9.86. The molecule has 0 saturated heterocycles. The Morgan fingerprint density at radius 1 is 0.630 bits per heavy atom. The molecule has 0 amide bonds. The van der Waals surface area contributed by atoms with Gasteiger partial charge in [0.25, 0.3) is 0 Å². The first kappa shape index (κ1) is 16.4. The van der Waals surface area contributed by atoms with Gasteiger partial charge in [-0.2, -0.15) is 0 Å². The molecule has 5 rings (SSSR count). The molecule has 0 radical (unpaired) electrons. The summed E-state index contributed by atoms with van der Waals surface area (Å²) < 4.78 is 0. The fourth-order valence-corrected chi connectivity index (χ4v) is 4.77. The number of fused-ring (bicyclic) bond motifs is 2. The summed E-state index contributed by atoms with van der Waals surface area (Å²) >= 11 is 0. The van der Waals surface area contributed by atoms with Crippen molar-refractivity contribution in [3.05, 3.63) is 66.2 Å². The van der Waals surface area contributed by atoms with Crippen molar-refractivity contribution < 1.29 is 0 Å². The van der Waals surface area contributed by atoms with Crippen LogP contribution in [0.4, 0.5) is 5.69 Å². The van der Waals surface area contributed by atoms with Gasteiger partial charge >= 0.3 is 0 Å². The van der Waals surface area contributed by atoms with E-state index in [0.717, 1.165) is 12.1 Å². The van der Waals surface area contributed by atoms with Crippen LogP contribution in [0.3, 0.4) is 0 Å². The summed E-state index contributed by atoms with van der Waals surface area (Å²) in [7, 11) is 0. The van der Waals surface area contributed by atoms with Gasteiger partial charge in [0, 0.05) is 11.1 Å². The lowest BCUT2D eigenvalue weighted by Gasteiger charge is -2.18. The normalized spacial score (nSPS) is 12.0. The molecule has 1 heteroatoms. The van der Waals surface area contributed by atoms with Crippen molar-refractivity contribution in [1.82, 2.24) is 0 Å². The van der Waals surface area contributed by atoms with Crippen LogP contribution >= 0.6 is 0 Å². The molecule has 0 aromatic heterocycles. The van der Waals surface area contributed by atoms with Crippen molar-refractivity contribution >= 4 is 48.8 Å². The molecule has 0 saturated carbocycles. The third-order valence-corrected chi connectivity index (χ3v) is 6.07. The summed E-state index contributed by atoms with van der Waals surface area (Å²) in [6.07, 6.45) is 6.31. The minimum absolute atomic E-state index is 0.867. The Hall–Kier alpha value is -2.80. The lowest BCUT2D eigenvalue weighted by Crippen LogP contribution is -1.94. The van der Waals surface area contributed by atoms with E-state index in [4.69, 9.17) is 5.73 Å². The molecule has 2 N–H and O–H groups in total. The van der Waals surface area contributed by atoms with Gasteiger partial charge < -0.3 is 5.73 Å². The smallest absolute Gasteiger partial charge is 0.0394 e. The van der Waals surface area contributed by atoms with Crippen molar-refractivity contribution in [2.75, 3.05) is 5.73 Å². The Kier molecular flexibility index (Phi) is 3.89. The second-order valence-electron chi connectivity index (χ2n) is 7.74. The van der Waals surface area contributed by atoms with Crippen molar-refractivity contribution in [3.8, 4) is 0 Å². The van der Waals surface area contributed by atoms with E-state index in [1.54, 1.807) is 0 Å². The predicted molar refractivity (Wildman–Crippen MR) is 120 cm³/mol. The molecule has 0 aliphatic carbocycles. The van der Waals surface area contributed by atoms with Gasteiger partial charge in [0.2, 0.25) is 0 Å². The van der Waals surface area contributed by atoms with Crippen LogP contribution in [-0.4, -0.2) is 0 Å². The summed E-state index contributed by atoms with van der Waals surface area (Å²) in [6, 6.07) is 22.2. The van der Waals surface area contributed by atoms with Crippen molar-refractivity contribution in [1.29, 1.82) is 0 Å². The monoisotopic (exact) mass is 351 g/mol. The maximum absolute atomic E-state index is 6.34. The standard InChI is InChI=1S/C26H25N/c1-2-3-4-5-8-17-13-14-18-9-6-10-19-20-11-7-12-21-23(27)16-15-22(26(20)21)25(17)24(18)19/h6-7,9-16H,2-5,8,27H2,1H3. The number of nitrogen functional groups attached to an aromatic ring is 1. The maximum atomic E-state index is 6.34. The zero-order valence-corrected chi connectivity index (χ0v) is 15.9. The Morgan fingerprint density at radius 3 is 2.26 bits per heavy atom. The molecule has 0 bridgehead atoms. The molecule has 0 aliphatic heterocycles. The first-order valence-corrected chi connectivity index (χ1v) is 10.2. The van der Waals surface area contributed by atoms with Gasteiger partial charge in [-0.25, -0.2) is 0 Å². The Morgan fingerprint density at radius 2 is 1.41 bits per heavy atom. The molecule has 1 nitrogen and oxygen atoms in total. The molecule has 0 spiro atoms. The van der Waals surface area contributed by atoms with E-state index in [0.29, 0.717) is 0 Å². The van der Waals surface area contributed by atoms with Crippen molar-refractivity contribution in [2.24, 2.45) is 0 Å². The third kappa shape index (κ3) is 2.45. The maximum Gasteiger partial charge on any atom is 0.0394 e. The number of nitrogens with two attached hydrogens (primary N) is 1. The Labute approximate surface area is 160 Å². The number of hydrogen-bond acceptors (Lipinski definition) is 1. The van der Waals surface area contributed by atoms with Crippen LogP contribution in [-0.2, 0) is 6.42 Å². The molecule has 27 heavy (non-hydrogen) atoms. The molecule has 5 aromatic carbocycles. The molecule has 0 aliphatic rings. The summed E-state index contributed by atoms with van der Waals surface area (Å²) in [5.74, 6) is 0. The Balaban J connectivity index is 1.90. The van der Waals surface area contributed by atoms with E-state index >= 15 is 0 Å². The SMILES string of the molecule is CCCCCCc1ccc2cccc3c4cccc5c(N)ccc(c1c23)c54. The number of hydrogen-bond donors (Lipinski definition) is 1. The molecule has 0 heterocycles. The van der Waals surface area contributed by atoms with Crippen LogP contribution in [0.25, 0.3) is 43.1 Å². The number of rotatable bonds is 5. The topological polar surface area (TPSA) is 26.0 Å². The summed E-state index contributed by atoms with van der Waals surface area (Å²) in [4.78, 5) is 0. The van der Waals surface area contributed by atoms with Crippen LogP contribution in [0.15, 0.2) is 60.7 Å². The molecule has 0 atom stereocenters. The molecule has 134 valence electrons. The fourth-order valence-electron chi connectivity index (χ4n) is 4.77. The average molecular weight is 351 g/mol. The van der Waals surface area contributed by atoms with Crippen LogP contribution in [0.1, 0.15) is 38.2 Å². The average Bonchev–Trinajstić information content (AvgIpc) is 2.71. The zero-order valence-electron chi connectivity index (χ0n) is 15.9. The molecular formula is C26H25N. The highest BCUT2D eigenvalue weighted by Gasteiger charge is 2.16. The second-order valence-corrected chi connectivity index (χ2v) is 7.74. The van der Waals surface area contributed by atoms with Gasteiger partial charge in [0.15, 0.2) is 0 Å². The molecule has 0 unspecified atom stereocenters. The van der Waals surface area contributed by atoms with Gasteiger partial charge in [0.05, 0.1) is 0 Å². The van der Waals surface area contributed by atoms with Crippen molar-refractivity contribution in [3.63, 3.8) is 0 Å². The summed E-state index contributed by atoms with van der Waals surface area (Å²) in [5, 5.41) is 10.7. The Bertz CT molecular complexity index is 1270. The highest BCUT2D eigenvalue weighted by atomic mass is 14.5. The van der Waals surface area contributed by atoms with Gasteiger partial charge in [-0.15, -0.1) is 0 Å². The molecule has 0 fully saturated rings. The van der Waals surface area contributed by atoms with Crippen LogP contribution in [0.2, 0.25) is 0 Å². The number of benzene rings is 5. The van der Waals surface area contributed by atoms with Gasteiger partial charge in [-0.05, 0) is 62.2 Å². The third-order valence-electron chi connectivity index (χ3n) is 6.07. The largest absolute Gasteiger partial charge is 0.398 e. The van der Waals surface area contributed by atoms with E-state index in [9.17, 15) is 0 Å². The summed E-state index contributed by atoms with van der Waals surface area (Å²) in [6.45, 7) is 2.27. The number of unbranched alkanes of at least 4 members (excludes halogenated alkanes) is 3. The first-order chi connectivity index (χ1) is 13.3.